The van der Waals surface area contributed by atoms with Crippen molar-refractivity contribution < 1.29 is 17.2 Å². The van der Waals surface area contributed by atoms with Crippen LogP contribution in [0.5, 0.6) is 0 Å². The van der Waals surface area contributed by atoms with Gasteiger partial charge in [0.2, 0.25) is 0 Å². The molecule has 3 nitrogen and oxygen atoms in total. The molecule has 0 radical (unpaired) electrons. The maximum Gasteiger partial charge on any atom is 0.278 e. The summed E-state index contributed by atoms with van der Waals surface area (Å²) in [6.45, 7) is 1.18. The van der Waals surface area contributed by atoms with Crippen LogP contribution >= 0.6 is 22.3 Å². The van der Waals surface area contributed by atoms with E-state index in [0.717, 1.165) is 6.20 Å². The summed E-state index contributed by atoms with van der Waals surface area (Å²) < 4.78 is 46.9. The SMILES string of the molecule is Cc1c(S(=O)(=O)Cl)ncc(Cl)c1C(F)F. The molecule has 1 heterocycles. The summed E-state index contributed by atoms with van der Waals surface area (Å²) in [5.41, 5.74) is -0.793. The molecule has 1 aromatic rings. The summed E-state index contributed by atoms with van der Waals surface area (Å²) in [4.78, 5) is 3.41. The molecule has 15 heavy (non-hydrogen) atoms. The second kappa shape index (κ2) is 4.19. The highest BCUT2D eigenvalue weighted by Crippen LogP contribution is 2.32. The Bertz CT molecular complexity index is 490. The molecule has 0 amide bonds. The average Bonchev–Trinajstić information content (AvgIpc) is 2.00. The first-order valence-electron chi connectivity index (χ1n) is 3.63. The minimum atomic E-state index is -4.14. The van der Waals surface area contributed by atoms with Crippen LogP contribution in [0.2, 0.25) is 5.02 Å². The van der Waals surface area contributed by atoms with E-state index in [2.05, 4.69) is 4.98 Å². The Kier molecular flexibility index (Phi) is 3.52. The van der Waals surface area contributed by atoms with Crippen molar-refractivity contribution in [3.63, 3.8) is 0 Å². The fourth-order valence-electron chi connectivity index (χ4n) is 1.09. The third-order valence-corrected chi connectivity index (χ3v) is 3.34. The van der Waals surface area contributed by atoms with Gasteiger partial charge in [-0.2, -0.15) is 0 Å². The molecule has 0 aromatic carbocycles. The quantitative estimate of drug-likeness (QED) is 0.780. The minimum absolute atomic E-state index is 0.229. The molecular weight excluding hydrogens is 271 g/mol. The first-order valence-corrected chi connectivity index (χ1v) is 6.31. The van der Waals surface area contributed by atoms with Crippen LogP contribution in [-0.2, 0) is 9.05 Å². The summed E-state index contributed by atoms with van der Waals surface area (Å²) in [6.07, 6.45) is -2.04. The second-order valence-electron chi connectivity index (χ2n) is 2.69. The van der Waals surface area contributed by atoms with Gasteiger partial charge in [0.15, 0.2) is 5.03 Å². The zero-order valence-corrected chi connectivity index (χ0v) is 9.67. The third-order valence-electron chi connectivity index (χ3n) is 1.73. The summed E-state index contributed by atoms with van der Waals surface area (Å²) in [5.74, 6) is 0. The maximum atomic E-state index is 12.5. The smallest absolute Gasteiger partial charge is 0.242 e. The summed E-state index contributed by atoms with van der Waals surface area (Å²) >= 11 is 5.47. The molecule has 0 atom stereocenters. The Morgan fingerprint density at radius 3 is 2.40 bits per heavy atom. The van der Waals surface area contributed by atoms with E-state index in [9.17, 15) is 17.2 Å². The highest BCUT2D eigenvalue weighted by Gasteiger charge is 2.24. The van der Waals surface area contributed by atoms with Gasteiger partial charge in [-0.25, -0.2) is 22.2 Å². The molecule has 84 valence electrons. The Morgan fingerprint density at radius 1 is 1.47 bits per heavy atom. The highest BCUT2D eigenvalue weighted by atomic mass is 35.7. The van der Waals surface area contributed by atoms with Crippen LogP contribution in [-0.4, -0.2) is 13.4 Å². The van der Waals surface area contributed by atoms with Crippen molar-refractivity contribution in [1.29, 1.82) is 0 Å². The van der Waals surface area contributed by atoms with Gasteiger partial charge in [0, 0.05) is 22.4 Å². The van der Waals surface area contributed by atoms with Crippen LogP contribution in [0.4, 0.5) is 8.78 Å². The first kappa shape index (κ1) is 12.6. The van der Waals surface area contributed by atoms with Crippen molar-refractivity contribution in [3.8, 4) is 0 Å². The maximum absolute atomic E-state index is 12.5. The normalized spacial score (nSPS) is 12.1. The van der Waals surface area contributed by atoms with Gasteiger partial charge in [-0.15, -0.1) is 0 Å². The van der Waals surface area contributed by atoms with Gasteiger partial charge < -0.3 is 0 Å². The van der Waals surface area contributed by atoms with E-state index in [1.807, 2.05) is 0 Å². The lowest BCUT2D eigenvalue weighted by Crippen LogP contribution is -2.03. The molecule has 8 heteroatoms. The predicted octanol–water partition coefficient (Wildman–Crippen LogP) is 2.91. The topological polar surface area (TPSA) is 47.0 Å². The molecule has 0 aliphatic rings. The van der Waals surface area contributed by atoms with Crippen LogP contribution in [0.15, 0.2) is 11.2 Å². The molecule has 0 spiro atoms. The largest absolute Gasteiger partial charge is 0.278 e. The summed E-state index contributed by atoms with van der Waals surface area (Å²) in [6, 6.07) is 0. The minimum Gasteiger partial charge on any atom is -0.242 e. The number of rotatable bonds is 2. The van der Waals surface area contributed by atoms with Crippen molar-refractivity contribution >= 4 is 31.3 Å². The molecule has 1 aromatic heterocycles. The lowest BCUT2D eigenvalue weighted by atomic mass is 10.2. The van der Waals surface area contributed by atoms with Crippen LogP contribution in [0, 0.1) is 6.92 Å². The van der Waals surface area contributed by atoms with Gasteiger partial charge >= 0.3 is 0 Å². The van der Waals surface area contributed by atoms with E-state index < -0.39 is 26.1 Å². The molecule has 0 saturated heterocycles. The molecule has 0 aliphatic heterocycles. The number of pyridine rings is 1. The predicted molar refractivity (Wildman–Crippen MR) is 52.0 cm³/mol. The first-order chi connectivity index (χ1) is 6.75. The Morgan fingerprint density at radius 2 is 2.00 bits per heavy atom. The Labute approximate surface area is 94.4 Å². The molecule has 0 bridgehead atoms. The third kappa shape index (κ3) is 2.56. The molecule has 0 N–H and O–H groups in total. The van der Waals surface area contributed by atoms with Gasteiger partial charge in [-0.1, -0.05) is 11.6 Å². The van der Waals surface area contributed by atoms with Gasteiger partial charge in [0.1, 0.15) is 0 Å². The zero-order chi connectivity index (χ0) is 11.8. The Balaban J connectivity index is 3.56. The van der Waals surface area contributed by atoms with Gasteiger partial charge in [0.05, 0.1) is 5.02 Å². The fraction of sp³-hybridized carbons (Fsp3) is 0.286. The molecular formula is C7H5Cl2F2NO2S. The van der Waals surface area contributed by atoms with Crippen molar-refractivity contribution in [1.82, 2.24) is 4.98 Å². The second-order valence-corrected chi connectivity index (χ2v) is 5.58. The van der Waals surface area contributed by atoms with Crippen molar-refractivity contribution in [2.45, 2.75) is 18.4 Å². The molecule has 0 unspecified atom stereocenters. The van der Waals surface area contributed by atoms with E-state index in [1.165, 1.54) is 6.92 Å². The van der Waals surface area contributed by atoms with E-state index in [4.69, 9.17) is 22.3 Å². The van der Waals surface area contributed by atoms with E-state index >= 15 is 0 Å². The van der Waals surface area contributed by atoms with Crippen molar-refractivity contribution in [2.75, 3.05) is 0 Å². The standard InChI is InChI=1S/C7H5Cl2F2NO2S/c1-3-5(6(10)11)4(8)2-12-7(3)15(9,13)14/h2,6H,1H3. The number of aromatic nitrogens is 1. The lowest BCUT2D eigenvalue weighted by Gasteiger charge is -2.09. The number of nitrogens with zero attached hydrogens (tertiary/aromatic N) is 1. The van der Waals surface area contributed by atoms with Crippen molar-refractivity contribution in [3.05, 3.63) is 22.3 Å². The Hall–Kier alpha value is -0.460. The summed E-state index contributed by atoms with van der Waals surface area (Å²) in [7, 11) is 0.877. The van der Waals surface area contributed by atoms with Gasteiger partial charge in [-0.05, 0) is 12.5 Å². The van der Waals surface area contributed by atoms with Crippen LogP contribution in [0.1, 0.15) is 17.6 Å². The average molecular weight is 276 g/mol. The number of alkyl halides is 2. The van der Waals surface area contributed by atoms with Gasteiger partial charge in [-0.3, -0.25) is 0 Å². The van der Waals surface area contributed by atoms with E-state index in [-0.39, 0.29) is 10.6 Å². The van der Waals surface area contributed by atoms with Crippen LogP contribution in [0.3, 0.4) is 0 Å². The monoisotopic (exact) mass is 275 g/mol. The lowest BCUT2D eigenvalue weighted by molar-refractivity contribution is 0.150. The number of halogens is 4. The zero-order valence-electron chi connectivity index (χ0n) is 7.34. The van der Waals surface area contributed by atoms with Crippen molar-refractivity contribution in [2.24, 2.45) is 0 Å². The number of hydrogen-bond acceptors (Lipinski definition) is 3. The van der Waals surface area contributed by atoms with Crippen LogP contribution in [0.25, 0.3) is 0 Å². The highest BCUT2D eigenvalue weighted by molar-refractivity contribution is 8.13. The number of hydrogen-bond donors (Lipinski definition) is 0. The molecule has 0 fully saturated rings. The van der Waals surface area contributed by atoms with Crippen LogP contribution < -0.4 is 0 Å². The molecule has 0 aliphatic carbocycles. The van der Waals surface area contributed by atoms with E-state index in [0.29, 0.717) is 0 Å². The van der Waals surface area contributed by atoms with E-state index in [1.54, 1.807) is 0 Å². The molecule has 1 rings (SSSR count). The fourth-order valence-corrected chi connectivity index (χ4v) is 2.48. The molecule has 0 saturated carbocycles. The van der Waals surface area contributed by atoms with Gasteiger partial charge in [0.25, 0.3) is 15.5 Å². The summed E-state index contributed by atoms with van der Waals surface area (Å²) in [5, 5.41) is -0.879.